The highest BCUT2D eigenvalue weighted by atomic mass is 16.5. The first-order valence-electron chi connectivity index (χ1n) is 5.21. The molecule has 1 rings (SSSR count). The summed E-state index contributed by atoms with van der Waals surface area (Å²) in [5.41, 5.74) is 6.18. The molecule has 0 aromatic heterocycles. The summed E-state index contributed by atoms with van der Waals surface area (Å²) >= 11 is 0. The van der Waals surface area contributed by atoms with Crippen LogP contribution in [0.1, 0.15) is 31.2 Å². The number of hydrogen-bond acceptors (Lipinski definition) is 2. The maximum Gasteiger partial charge on any atom is 0.404 e. The largest absolute Gasteiger partial charge is 0.450 e. The van der Waals surface area contributed by atoms with Gasteiger partial charge in [-0.1, -0.05) is 37.3 Å². The van der Waals surface area contributed by atoms with Crippen LogP contribution in [0, 0.1) is 0 Å². The van der Waals surface area contributed by atoms with Gasteiger partial charge in [-0.05, 0) is 24.3 Å². The third kappa shape index (κ3) is 4.02. The van der Waals surface area contributed by atoms with Crippen LogP contribution in [0.4, 0.5) is 4.79 Å². The minimum atomic E-state index is -0.696. The molecule has 3 heteroatoms. The molecule has 1 unspecified atom stereocenters. The molecule has 0 saturated heterocycles. The second-order valence-electron chi connectivity index (χ2n) is 3.47. The van der Waals surface area contributed by atoms with Crippen molar-refractivity contribution in [3.8, 4) is 0 Å². The summed E-state index contributed by atoms with van der Waals surface area (Å²) in [6.45, 7) is 2.52. The van der Waals surface area contributed by atoms with E-state index in [2.05, 4.69) is 19.1 Å². The molecule has 2 N–H and O–H groups in total. The number of primary amides is 1. The van der Waals surface area contributed by atoms with Crippen LogP contribution >= 0.6 is 0 Å². The van der Waals surface area contributed by atoms with E-state index in [-0.39, 0.29) is 0 Å². The maximum absolute atomic E-state index is 10.4. The molecule has 0 radical (unpaired) electrons. The zero-order valence-electron chi connectivity index (χ0n) is 8.98. The first-order valence-corrected chi connectivity index (χ1v) is 5.21. The Morgan fingerprint density at radius 2 is 2.07 bits per heavy atom. The average molecular weight is 207 g/mol. The fourth-order valence-corrected chi connectivity index (χ4v) is 1.63. The quantitative estimate of drug-likeness (QED) is 0.807. The highest BCUT2D eigenvalue weighted by Gasteiger charge is 2.09. The van der Waals surface area contributed by atoms with Crippen LogP contribution in [-0.4, -0.2) is 12.7 Å². The van der Waals surface area contributed by atoms with Gasteiger partial charge in [-0.3, -0.25) is 0 Å². The van der Waals surface area contributed by atoms with Crippen molar-refractivity contribution in [2.75, 3.05) is 6.61 Å². The van der Waals surface area contributed by atoms with E-state index < -0.39 is 6.09 Å². The number of carbonyl (C=O) groups is 1. The van der Waals surface area contributed by atoms with Crippen LogP contribution in [0.15, 0.2) is 30.3 Å². The van der Waals surface area contributed by atoms with Gasteiger partial charge >= 0.3 is 6.09 Å². The Morgan fingerprint density at radius 1 is 1.40 bits per heavy atom. The maximum atomic E-state index is 10.4. The molecular formula is C12H17NO2. The number of amides is 1. The minimum absolute atomic E-state index is 0.392. The standard InChI is InChI=1S/C12H17NO2/c1-2-10(8-9-15-12(13)14)11-6-4-3-5-7-11/h3-7,10H,2,8-9H2,1H3,(H2,13,14). The molecule has 0 saturated carbocycles. The predicted octanol–water partition coefficient (Wildman–Crippen LogP) is 2.67. The second-order valence-corrected chi connectivity index (χ2v) is 3.47. The molecule has 1 aromatic rings. The zero-order chi connectivity index (χ0) is 11.1. The van der Waals surface area contributed by atoms with E-state index in [9.17, 15) is 4.79 Å². The zero-order valence-corrected chi connectivity index (χ0v) is 8.98. The lowest BCUT2D eigenvalue weighted by Gasteiger charge is -2.14. The topological polar surface area (TPSA) is 52.3 Å². The lowest BCUT2D eigenvalue weighted by Crippen LogP contribution is -2.15. The molecule has 0 heterocycles. The molecular weight excluding hydrogens is 190 g/mol. The van der Waals surface area contributed by atoms with Crippen molar-refractivity contribution >= 4 is 6.09 Å². The Balaban J connectivity index is 2.46. The van der Waals surface area contributed by atoms with Gasteiger partial charge in [-0.2, -0.15) is 0 Å². The van der Waals surface area contributed by atoms with E-state index in [1.807, 2.05) is 18.2 Å². The van der Waals surface area contributed by atoms with E-state index in [1.54, 1.807) is 0 Å². The molecule has 0 aliphatic rings. The molecule has 1 atom stereocenters. The number of rotatable bonds is 5. The van der Waals surface area contributed by atoms with Crippen LogP contribution < -0.4 is 5.73 Å². The van der Waals surface area contributed by atoms with Gasteiger partial charge in [0.15, 0.2) is 0 Å². The third-order valence-corrected chi connectivity index (χ3v) is 2.47. The molecule has 1 aromatic carbocycles. The number of ether oxygens (including phenoxy) is 1. The number of benzene rings is 1. The minimum Gasteiger partial charge on any atom is -0.450 e. The lowest BCUT2D eigenvalue weighted by molar-refractivity contribution is 0.152. The van der Waals surface area contributed by atoms with E-state index in [4.69, 9.17) is 10.5 Å². The number of nitrogens with two attached hydrogens (primary N) is 1. The van der Waals surface area contributed by atoms with Crippen LogP contribution in [0.2, 0.25) is 0 Å². The summed E-state index contributed by atoms with van der Waals surface area (Å²) in [7, 11) is 0. The Bertz CT molecular complexity index is 298. The average Bonchev–Trinajstić information content (AvgIpc) is 2.25. The van der Waals surface area contributed by atoms with Crippen molar-refractivity contribution in [1.82, 2.24) is 0 Å². The smallest absolute Gasteiger partial charge is 0.404 e. The van der Waals surface area contributed by atoms with Crippen LogP contribution in [-0.2, 0) is 4.74 Å². The van der Waals surface area contributed by atoms with Gasteiger partial charge in [-0.25, -0.2) is 4.79 Å². The third-order valence-electron chi connectivity index (χ3n) is 2.47. The molecule has 3 nitrogen and oxygen atoms in total. The summed E-state index contributed by atoms with van der Waals surface area (Å²) in [5, 5.41) is 0. The summed E-state index contributed by atoms with van der Waals surface area (Å²) in [4.78, 5) is 10.4. The fraction of sp³-hybridized carbons (Fsp3) is 0.417. The fourth-order valence-electron chi connectivity index (χ4n) is 1.63. The van der Waals surface area contributed by atoms with Gasteiger partial charge in [-0.15, -0.1) is 0 Å². The molecule has 0 aliphatic carbocycles. The second kappa shape index (κ2) is 6.06. The van der Waals surface area contributed by atoms with Crippen molar-refractivity contribution in [3.05, 3.63) is 35.9 Å². The molecule has 15 heavy (non-hydrogen) atoms. The molecule has 1 amide bonds. The lowest BCUT2D eigenvalue weighted by atomic mass is 9.94. The van der Waals surface area contributed by atoms with Gasteiger partial charge in [0, 0.05) is 0 Å². The summed E-state index contributed by atoms with van der Waals surface area (Å²) in [6.07, 6.45) is 1.16. The Kier molecular flexibility index (Phi) is 4.68. The predicted molar refractivity (Wildman–Crippen MR) is 59.6 cm³/mol. The first-order chi connectivity index (χ1) is 7.24. The van der Waals surface area contributed by atoms with E-state index in [0.717, 1.165) is 12.8 Å². The highest BCUT2D eigenvalue weighted by Crippen LogP contribution is 2.22. The van der Waals surface area contributed by atoms with E-state index in [1.165, 1.54) is 5.56 Å². The normalized spacial score (nSPS) is 12.1. The molecule has 82 valence electrons. The van der Waals surface area contributed by atoms with Gasteiger partial charge < -0.3 is 10.5 Å². The van der Waals surface area contributed by atoms with Crippen LogP contribution in [0.3, 0.4) is 0 Å². The number of hydrogen-bond donors (Lipinski definition) is 1. The van der Waals surface area contributed by atoms with E-state index in [0.29, 0.717) is 12.5 Å². The van der Waals surface area contributed by atoms with Crippen molar-refractivity contribution in [3.63, 3.8) is 0 Å². The summed E-state index contributed by atoms with van der Waals surface area (Å²) in [5.74, 6) is 0.436. The van der Waals surface area contributed by atoms with Crippen molar-refractivity contribution in [2.45, 2.75) is 25.7 Å². The van der Waals surface area contributed by atoms with Crippen LogP contribution in [0.25, 0.3) is 0 Å². The molecule has 0 fully saturated rings. The SMILES string of the molecule is CCC(CCOC(N)=O)c1ccccc1. The Morgan fingerprint density at radius 3 is 2.60 bits per heavy atom. The molecule has 0 aliphatic heterocycles. The Labute approximate surface area is 90.2 Å². The van der Waals surface area contributed by atoms with Gasteiger partial charge in [0.2, 0.25) is 0 Å². The summed E-state index contributed by atoms with van der Waals surface area (Å²) in [6, 6.07) is 10.2. The number of carbonyl (C=O) groups excluding carboxylic acids is 1. The van der Waals surface area contributed by atoms with Gasteiger partial charge in [0.25, 0.3) is 0 Å². The highest BCUT2D eigenvalue weighted by molar-refractivity contribution is 5.64. The van der Waals surface area contributed by atoms with Gasteiger partial charge in [0.05, 0.1) is 6.61 Å². The Hall–Kier alpha value is -1.51. The molecule has 0 spiro atoms. The van der Waals surface area contributed by atoms with Crippen molar-refractivity contribution < 1.29 is 9.53 Å². The summed E-state index contributed by atoms with van der Waals surface area (Å²) < 4.78 is 4.73. The van der Waals surface area contributed by atoms with Crippen molar-refractivity contribution in [1.29, 1.82) is 0 Å². The molecule has 0 bridgehead atoms. The monoisotopic (exact) mass is 207 g/mol. The van der Waals surface area contributed by atoms with Gasteiger partial charge in [0.1, 0.15) is 0 Å². The van der Waals surface area contributed by atoms with Crippen LogP contribution in [0.5, 0.6) is 0 Å². The first kappa shape index (κ1) is 11.6. The van der Waals surface area contributed by atoms with Crippen molar-refractivity contribution in [2.24, 2.45) is 5.73 Å². The van der Waals surface area contributed by atoms with E-state index >= 15 is 0 Å².